The summed E-state index contributed by atoms with van der Waals surface area (Å²) in [5.41, 5.74) is 0.486. The highest BCUT2D eigenvalue weighted by Gasteiger charge is 2.45. The molecule has 0 radical (unpaired) electrons. The maximum absolute atomic E-state index is 12.7. The number of carbonyl (C=O) groups is 2. The SMILES string of the molecule is CC(C)OC(=O)N1C=CC(C)(CCc2ccccc2)N1C(=O)OC(C)C. The van der Waals surface area contributed by atoms with Crippen molar-refractivity contribution >= 4 is 12.2 Å². The Morgan fingerprint density at radius 2 is 1.58 bits per heavy atom. The Bertz CT molecular complexity index is 657. The number of carbonyl (C=O) groups excluding carboxylic acids is 2. The summed E-state index contributed by atoms with van der Waals surface area (Å²) in [5, 5.41) is 2.55. The van der Waals surface area contributed by atoms with Gasteiger partial charge in [-0.3, -0.25) is 0 Å². The van der Waals surface area contributed by atoms with Crippen molar-refractivity contribution in [2.45, 2.75) is 65.2 Å². The lowest BCUT2D eigenvalue weighted by molar-refractivity contribution is -0.0382. The van der Waals surface area contributed by atoms with Crippen LogP contribution in [0.5, 0.6) is 0 Å². The Morgan fingerprint density at radius 3 is 2.15 bits per heavy atom. The third-order valence-corrected chi connectivity index (χ3v) is 4.07. The first-order valence-corrected chi connectivity index (χ1v) is 8.97. The highest BCUT2D eigenvalue weighted by Crippen LogP contribution is 2.32. The second-order valence-electron chi connectivity index (χ2n) is 7.18. The smallest absolute Gasteiger partial charge is 0.433 e. The molecule has 0 spiro atoms. The first kappa shape index (κ1) is 19.8. The molecule has 1 heterocycles. The van der Waals surface area contributed by atoms with E-state index in [0.717, 1.165) is 6.42 Å². The fourth-order valence-corrected chi connectivity index (χ4v) is 2.79. The monoisotopic (exact) mass is 360 g/mol. The van der Waals surface area contributed by atoms with E-state index in [1.165, 1.54) is 15.6 Å². The molecule has 0 N–H and O–H groups in total. The number of hydrogen-bond donors (Lipinski definition) is 0. The van der Waals surface area contributed by atoms with E-state index in [2.05, 4.69) is 0 Å². The number of rotatable bonds is 5. The molecule has 26 heavy (non-hydrogen) atoms. The fourth-order valence-electron chi connectivity index (χ4n) is 2.79. The van der Waals surface area contributed by atoms with Gasteiger partial charge in [0.05, 0.1) is 17.7 Å². The zero-order valence-electron chi connectivity index (χ0n) is 16.1. The summed E-state index contributed by atoms with van der Waals surface area (Å²) in [6, 6.07) is 10.0. The lowest BCUT2D eigenvalue weighted by atomic mass is 9.93. The van der Waals surface area contributed by atoms with E-state index in [4.69, 9.17) is 9.47 Å². The van der Waals surface area contributed by atoms with Crippen molar-refractivity contribution < 1.29 is 19.1 Å². The van der Waals surface area contributed by atoms with E-state index in [-0.39, 0.29) is 12.2 Å². The van der Waals surface area contributed by atoms with Crippen LogP contribution >= 0.6 is 0 Å². The molecule has 6 nitrogen and oxygen atoms in total. The van der Waals surface area contributed by atoms with Crippen molar-refractivity contribution in [3.05, 3.63) is 48.2 Å². The Morgan fingerprint density at radius 1 is 1.00 bits per heavy atom. The van der Waals surface area contributed by atoms with Crippen molar-refractivity contribution in [3.63, 3.8) is 0 Å². The first-order chi connectivity index (χ1) is 12.2. The van der Waals surface area contributed by atoms with Gasteiger partial charge in [-0.15, -0.1) is 0 Å². The number of benzene rings is 1. The number of amides is 2. The maximum Gasteiger partial charge on any atom is 0.433 e. The molecule has 6 heteroatoms. The third kappa shape index (κ3) is 4.77. The van der Waals surface area contributed by atoms with E-state index in [1.54, 1.807) is 33.9 Å². The van der Waals surface area contributed by atoms with Gasteiger partial charge in [0.2, 0.25) is 0 Å². The van der Waals surface area contributed by atoms with Gasteiger partial charge in [-0.1, -0.05) is 30.3 Å². The fraction of sp³-hybridized carbons (Fsp3) is 0.500. The van der Waals surface area contributed by atoms with Crippen molar-refractivity contribution in [1.29, 1.82) is 0 Å². The number of hydrogen-bond acceptors (Lipinski definition) is 4. The molecule has 0 saturated carbocycles. The minimum atomic E-state index is -0.683. The Hall–Kier alpha value is -2.50. The molecule has 1 aromatic rings. The average Bonchev–Trinajstić information content (AvgIpc) is 2.91. The highest BCUT2D eigenvalue weighted by molar-refractivity contribution is 5.77. The molecular formula is C20H28N2O4. The number of hydrazine groups is 1. The van der Waals surface area contributed by atoms with Gasteiger partial charge >= 0.3 is 12.2 Å². The van der Waals surface area contributed by atoms with Gasteiger partial charge in [0.25, 0.3) is 0 Å². The third-order valence-electron chi connectivity index (χ3n) is 4.07. The minimum Gasteiger partial charge on any atom is -0.445 e. The Balaban J connectivity index is 2.20. The van der Waals surface area contributed by atoms with Crippen LogP contribution in [0.3, 0.4) is 0 Å². The molecule has 0 bridgehead atoms. The molecular weight excluding hydrogens is 332 g/mol. The molecule has 142 valence electrons. The van der Waals surface area contributed by atoms with Crippen LogP contribution in [0.25, 0.3) is 0 Å². The van der Waals surface area contributed by atoms with Gasteiger partial charge in [0.15, 0.2) is 0 Å². The minimum absolute atomic E-state index is 0.282. The molecule has 0 saturated heterocycles. The van der Waals surface area contributed by atoms with Crippen LogP contribution in [-0.4, -0.2) is 40.0 Å². The normalized spacial score (nSPS) is 19.3. The molecule has 1 atom stereocenters. The topological polar surface area (TPSA) is 59.1 Å². The van der Waals surface area contributed by atoms with Crippen LogP contribution in [0.15, 0.2) is 42.6 Å². The Kier molecular flexibility index (Phi) is 6.29. The summed E-state index contributed by atoms with van der Waals surface area (Å²) >= 11 is 0. The second kappa shape index (κ2) is 8.25. The highest BCUT2D eigenvalue weighted by atomic mass is 16.6. The molecule has 2 amide bonds. The maximum atomic E-state index is 12.7. The predicted octanol–water partition coefficient (Wildman–Crippen LogP) is 4.51. The van der Waals surface area contributed by atoms with E-state index >= 15 is 0 Å². The Labute approximate surface area is 155 Å². The van der Waals surface area contributed by atoms with Crippen molar-refractivity contribution in [1.82, 2.24) is 10.0 Å². The van der Waals surface area contributed by atoms with Gasteiger partial charge in [-0.2, -0.15) is 10.0 Å². The van der Waals surface area contributed by atoms with Crippen LogP contribution < -0.4 is 0 Å². The van der Waals surface area contributed by atoms with Gasteiger partial charge in [-0.05, 0) is 59.1 Å². The summed E-state index contributed by atoms with van der Waals surface area (Å²) in [7, 11) is 0. The summed E-state index contributed by atoms with van der Waals surface area (Å²) in [6.45, 7) is 9.00. The van der Waals surface area contributed by atoms with Crippen LogP contribution in [-0.2, 0) is 15.9 Å². The van der Waals surface area contributed by atoms with Gasteiger partial charge in [-0.25, -0.2) is 9.59 Å². The largest absolute Gasteiger partial charge is 0.445 e. The molecule has 2 rings (SSSR count). The number of ether oxygens (including phenoxy) is 2. The lowest BCUT2D eigenvalue weighted by Crippen LogP contribution is -2.55. The van der Waals surface area contributed by atoms with Crippen molar-refractivity contribution in [3.8, 4) is 0 Å². The molecule has 1 aliphatic rings. The van der Waals surface area contributed by atoms with E-state index in [0.29, 0.717) is 6.42 Å². The van der Waals surface area contributed by atoms with Gasteiger partial charge < -0.3 is 9.47 Å². The van der Waals surface area contributed by atoms with Gasteiger partial charge in [0, 0.05) is 6.20 Å². The summed E-state index contributed by atoms with van der Waals surface area (Å²) in [6.07, 6.45) is 3.10. The lowest BCUT2D eigenvalue weighted by Gasteiger charge is -2.38. The second-order valence-corrected chi connectivity index (χ2v) is 7.18. The summed E-state index contributed by atoms with van der Waals surface area (Å²) in [5.74, 6) is 0. The number of aryl methyl sites for hydroxylation is 1. The zero-order valence-corrected chi connectivity index (χ0v) is 16.1. The van der Waals surface area contributed by atoms with E-state index in [9.17, 15) is 9.59 Å². The standard InChI is InChI=1S/C20H28N2O4/c1-15(2)25-18(23)21-14-13-20(5,22(21)19(24)26-16(3)4)12-11-17-9-7-6-8-10-17/h6-10,13-16H,11-12H2,1-5H3. The van der Waals surface area contributed by atoms with Crippen molar-refractivity contribution in [2.75, 3.05) is 0 Å². The quantitative estimate of drug-likeness (QED) is 0.775. The molecule has 0 fully saturated rings. The van der Waals surface area contributed by atoms with Crippen LogP contribution in [0.2, 0.25) is 0 Å². The molecule has 1 aliphatic heterocycles. The first-order valence-electron chi connectivity index (χ1n) is 8.97. The number of nitrogens with zero attached hydrogens (tertiary/aromatic N) is 2. The molecule has 0 aliphatic carbocycles. The summed E-state index contributed by atoms with van der Waals surface area (Å²) in [4.78, 5) is 25.1. The van der Waals surface area contributed by atoms with E-state index < -0.39 is 17.7 Å². The van der Waals surface area contributed by atoms with Crippen LogP contribution in [0, 0.1) is 0 Å². The van der Waals surface area contributed by atoms with Crippen molar-refractivity contribution in [2.24, 2.45) is 0 Å². The van der Waals surface area contributed by atoms with Gasteiger partial charge in [0.1, 0.15) is 0 Å². The summed E-state index contributed by atoms with van der Waals surface area (Å²) < 4.78 is 10.6. The molecule has 1 unspecified atom stereocenters. The van der Waals surface area contributed by atoms with Crippen LogP contribution in [0.1, 0.15) is 46.6 Å². The van der Waals surface area contributed by atoms with Crippen LogP contribution in [0.4, 0.5) is 9.59 Å². The van der Waals surface area contributed by atoms with E-state index in [1.807, 2.05) is 43.3 Å². The molecule has 0 aromatic heterocycles. The predicted molar refractivity (Wildman–Crippen MR) is 99.2 cm³/mol. The molecule has 1 aromatic carbocycles. The zero-order chi connectivity index (χ0) is 19.3. The average molecular weight is 360 g/mol.